The standard InChI is InChI=1S/C18H16ClFN6OS/c19-13-3-1-2-4-14(13)23-16(27)10-28-9-15-24-17(21)26-18(25-15)22-12-7-5-11(20)6-8-12/h1-8H,9-10H2,(H,23,27)(H3,21,22,24,25,26). The van der Waals surface area contributed by atoms with Crippen molar-refractivity contribution >= 4 is 52.5 Å². The van der Waals surface area contributed by atoms with Crippen molar-refractivity contribution in [1.29, 1.82) is 0 Å². The van der Waals surface area contributed by atoms with Crippen molar-refractivity contribution in [3.63, 3.8) is 0 Å². The van der Waals surface area contributed by atoms with Crippen LogP contribution in [0.25, 0.3) is 0 Å². The molecule has 0 saturated carbocycles. The fourth-order valence-electron chi connectivity index (χ4n) is 2.20. The molecule has 0 aliphatic heterocycles. The lowest BCUT2D eigenvalue weighted by atomic mass is 10.3. The van der Waals surface area contributed by atoms with E-state index in [-0.39, 0.29) is 29.4 Å². The number of carbonyl (C=O) groups is 1. The van der Waals surface area contributed by atoms with Crippen LogP contribution in [-0.4, -0.2) is 26.6 Å². The molecule has 7 nitrogen and oxygen atoms in total. The van der Waals surface area contributed by atoms with Gasteiger partial charge in [-0.25, -0.2) is 4.39 Å². The van der Waals surface area contributed by atoms with Gasteiger partial charge < -0.3 is 16.4 Å². The number of aromatic nitrogens is 3. The lowest BCUT2D eigenvalue weighted by Gasteiger charge is -2.08. The number of nitrogens with zero attached hydrogens (tertiary/aromatic N) is 3. The zero-order valence-electron chi connectivity index (χ0n) is 14.5. The van der Waals surface area contributed by atoms with E-state index in [0.717, 1.165) is 0 Å². The van der Waals surface area contributed by atoms with Gasteiger partial charge in [0.2, 0.25) is 17.8 Å². The Kier molecular flexibility index (Phi) is 6.62. The Hall–Kier alpha value is -2.91. The highest BCUT2D eigenvalue weighted by molar-refractivity contribution is 7.99. The summed E-state index contributed by atoms with van der Waals surface area (Å²) in [6.07, 6.45) is 0. The number of nitrogens with one attached hydrogen (secondary N) is 2. The van der Waals surface area contributed by atoms with Crippen molar-refractivity contribution in [2.45, 2.75) is 5.75 Å². The second kappa shape index (κ2) is 9.34. The van der Waals surface area contributed by atoms with Crippen molar-refractivity contribution in [1.82, 2.24) is 15.0 Å². The average molecular weight is 419 g/mol. The summed E-state index contributed by atoms with van der Waals surface area (Å²) >= 11 is 7.34. The monoisotopic (exact) mass is 418 g/mol. The highest BCUT2D eigenvalue weighted by atomic mass is 35.5. The van der Waals surface area contributed by atoms with Gasteiger partial charge in [-0.1, -0.05) is 23.7 Å². The summed E-state index contributed by atoms with van der Waals surface area (Å²) in [5.41, 5.74) is 6.90. The maximum absolute atomic E-state index is 13.0. The van der Waals surface area contributed by atoms with Gasteiger partial charge in [0.15, 0.2) is 0 Å². The number of anilines is 4. The normalized spacial score (nSPS) is 10.5. The molecule has 0 aliphatic rings. The van der Waals surface area contributed by atoms with Crippen LogP contribution in [-0.2, 0) is 10.5 Å². The summed E-state index contributed by atoms with van der Waals surface area (Å²) in [6, 6.07) is 12.8. The minimum Gasteiger partial charge on any atom is -0.368 e. The van der Waals surface area contributed by atoms with E-state index < -0.39 is 0 Å². The summed E-state index contributed by atoms with van der Waals surface area (Å²) in [6.45, 7) is 0. The number of benzene rings is 2. The third-order valence-electron chi connectivity index (χ3n) is 3.41. The molecule has 0 spiro atoms. The molecule has 10 heteroatoms. The zero-order chi connectivity index (χ0) is 19.9. The Bertz CT molecular complexity index is 973. The first-order chi connectivity index (χ1) is 13.5. The molecule has 0 fully saturated rings. The number of nitrogens with two attached hydrogens (primary N) is 1. The molecule has 3 aromatic rings. The summed E-state index contributed by atoms with van der Waals surface area (Å²) in [5, 5.41) is 6.16. The molecule has 0 atom stereocenters. The summed E-state index contributed by atoms with van der Waals surface area (Å²) in [7, 11) is 0. The number of amides is 1. The molecule has 0 bridgehead atoms. The lowest BCUT2D eigenvalue weighted by Crippen LogP contribution is -2.14. The number of para-hydroxylation sites is 1. The van der Waals surface area contributed by atoms with Crippen LogP contribution >= 0.6 is 23.4 Å². The number of hydrogen-bond donors (Lipinski definition) is 3. The van der Waals surface area contributed by atoms with Crippen molar-refractivity contribution in [2.24, 2.45) is 0 Å². The highest BCUT2D eigenvalue weighted by Gasteiger charge is 2.09. The zero-order valence-corrected chi connectivity index (χ0v) is 16.1. The van der Waals surface area contributed by atoms with Crippen LogP contribution in [0.1, 0.15) is 5.82 Å². The highest BCUT2D eigenvalue weighted by Crippen LogP contribution is 2.21. The molecule has 0 saturated heterocycles. The minimum atomic E-state index is -0.340. The molecule has 3 rings (SSSR count). The van der Waals surface area contributed by atoms with E-state index in [1.807, 2.05) is 0 Å². The predicted octanol–water partition coefficient (Wildman–Crippen LogP) is 3.86. The first-order valence-corrected chi connectivity index (χ1v) is 9.68. The van der Waals surface area contributed by atoms with Gasteiger partial charge >= 0.3 is 0 Å². The fraction of sp³-hybridized carbons (Fsp3) is 0.111. The summed E-state index contributed by atoms with van der Waals surface area (Å²) in [5.74, 6) is 0.745. The van der Waals surface area contributed by atoms with Crippen LogP contribution < -0.4 is 16.4 Å². The Labute approximate surface area is 169 Å². The van der Waals surface area contributed by atoms with E-state index in [4.69, 9.17) is 17.3 Å². The van der Waals surface area contributed by atoms with Crippen LogP contribution in [0.3, 0.4) is 0 Å². The maximum Gasteiger partial charge on any atom is 0.234 e. The van der Waals surface area contributed by atoms with Crippen LogP contribution in [0.15, 0.2) is 48.5 Å². The number of rotatable bonds is 7. The van der Waals surface area contributed by atoms with Crippen molar-refractivity contribution in [3.8, 4) is 0 Å². The van der Waals surface area contributed by atoms with E-state index in [9.17, 15) is 9.18 Å². The Morgan fingerprint density at radius 2 is 1.86 bits per heavy atom. The van der Waals surface area contributed by atoms with Crippen molar-refractivity contribution in [2.75, 3.05) is 22.1 Å². The average Bonchev–Trinajstić information content (AvgIpc) is 2.65. The van der Waals surface area contributed by atoms with Gasteiger partial charge in [0.25, 0.3) is 0 Å². The van der Waals surface area contributed by atoms with Crippen LogP contribution in [0.4, 0.5) is 27.7 Å². The topological polar surface area (TPSA) is 106 Å². The SMILES string of the molecule is Nc1nc(CSCC(=O)Nc2ccccc2Cl)nc(Nc2ccc(F)cc2)n1. The smallest absolute Gasteiger partial charge is 0.234 e. The van der Waals surface area contributed by atoms with Gasteiger partial charge in [0, 0.05) is 5.69 Å². The Morgan fingerprint density at radius 3 is 2.61 bits per heavy atom. The molecule has 28 heavy (non-hydrogen) atoms. The van der Waals surface area contributed by atoms with E-state index in [1.54, 1.807) is 36.4 Å². The third kappa shape index (κ3) is 5.80. The van der Waals surface area contributed by atoms with E-state index in [2.05, 4.69) is 25.6 Å². The number of thioether (sulfide) groups is 1. The Balaban J connectivity index is 1.55. The molecular weight excluding hydrogens is 403 g/mol. The van der Waals surface area contributed by atoms with Gasteiger partial charge in [0.05, 0.1) is 22.2 Å². The van der Waals surface area contributed by atoms with E-state index in [1.165, 1.54) is 23.9 Å². The first-order valence-electron chi connectivity index (χ1n) is 8.15. The van der Waals surface area contributed by atoms with Gasteiger partial charge in [0.1, 0.15) is 11.6 Å². The minimum absolute atomic E-state index is 0.0516. The van der Waals surface area contributed by atoms with Crippen molar-refractivity contribution < 1.29 is 9.18 Å². The molecule has 1 heterocycles. The van der Waals surface area contributed by atoms with Crippen LogP contribution in [0.5, 0.6) is 0 Å². The first kappa shape index (κ1) is 19.8. The number of carbonyl (C=O) groups excluding carboxylic acids is 1. The fourth-order valence-corrected chi connectivity index (χ4v) is 3.06. The van der Waals surface area contributed by atoms with Crippen LogP contribution in [0, 0.1) is 5.82 Å². The molecule has 0 radical (unpaired) electrons. The molecule has 2 aromatic carbocycles. The molecule has 0 unspecified atom stereocenters. The van der Waals surface area contributed by atoms with Crippen LogP contribution in [0.2, 0.25) is 5.02 Å². The second-order valence-electron chi connectivity index (χ2n) is 5.59. The van der Waals surface area contributed by atoms with Gasteiger partial charge in [-0.3, -0.25) is 4.79 Å². The molecule has 0 aliphatic carbocycles. The predicted molar refractivity (Wildman–Crippen MR) is 110 cm³/mol. The molecule has 1 aromatic heterocycles. The van der Waals surface area contributed by atoms with E-state index >= 15 is 0 Å². The van der Waals surface area contributed by atoms with Gasteiger partial charge in [-0.15, -0.1) is 11.8 Å². The molecule has 1 amide bonds. The summed E-state index contributed by atoms with van der Waals surface area (Å²) in [4.78, 5) is 24.4. The summed E-state index contributed by atoms with van der Waals surface area (Å²) < 4.78 is 13.0. The molecular formula is C18H16ClFN6OS. The quantitative estimate of drug-likeness (QED) is 0.534. The van der Waals surface area contributed by atoms with Gasteiger partial charge in [-0.2, -0.15) is 15.0 Å². The second-order valence-corrected chi connectivity index (χ2v) is 6.98. The van der Waals surface area contributed by atoms with Gasteiger partial charge in [-0.05, 0) is 36.4 Å². The van der Waals surface area contributed by atoms with Crippen molar-refractivity contribution in [3.05, 3.63) is 65.2 Å². The molecule has 144 valence electrons. The third-order valence-corrected chi connectivity index (χ3v) is 4.67. The Morgan fingerprint density at radius 1 is 1.11 bits per heavy atom. The maximum atomic E-state index is 13.0. The van der Waals surface area contributed by atoms with E-state index in [0.29, 0.717) is 28.0 Å². The number of halogens is 2. The largest absolute Gasteiger partial charge is 0.368 e. The number of nitrogen functional groups attached to an aromatic ring is 1. The molecule has 4 N–H and O–H groups in total. The lowest BCUT2D eigenvalue weighted by molar-refractivity contribution is -0.113. The number of hydrogen-bond acceptors (Lipinski definition) is 7.